The molecule has 0 aromatic heterocycles. The van der Waals surface area contributed by atoms with E-state index >= 15 is 0 Å². The van der Waals surface area contributed by atoms with Crippen LogP contribution in [0.5, 0.6) is 0 Å². The summed E-state index contributed by atoms with van der Waals surface area (Å²) in [6.07, 6.45) is 0.843. The summed E-state index contributed by atoms with van der Waals surface area (Å²) in [4.78, 5) is 0. The molecule has 0 saturated heterocycles. The van der Waals surface area contributed by atoms with Crippen molar-refractivity contribution in [3.05, 3.63) is 69.7 Å². The molecule has 0 spiro atoms. The second kappa shape index (κ2) is 6.23. The fraction of sp³-hybridized carbons (Fsp3) is 0.294. The van der Waals surface area contributed by atoms with E-state index in [0.717, 1.165) is 17.0 Å². The predicted molar refractivity (Wildman–Crippen MR) is 80.9 cm³/mol. The summed E-state index contributed by atoms with van der Waals surface area (Å²) >= 11 is 6.03. The molecular formula is C17H19ClO. The van der Waals surface area contributed by atoms with Crippen LogP contribution in [0.4, 0.5) is 0 Å². The maximum Gasteiger partial charge on any atom is 0.0502 e. The van der Waals surface area contributed by atoms with Crippen LogP contribution >= 0.6 is 11.6 Å². The number of aliphatic hydroxyl groups is 1. The molecule has 2 rings (SSSR count). The van der Waals surface area contributed by atoms with Crippen LogP contribution < -0.4 is 0 Å². The van der Waals surface area contributed by atoms with Gasteiger partial charge in [-0.15, -0.1) is 0 Å². The molecule has 1 atom stereocenters. The van der Waals surface area contributed by atoms with E-state index in [1.54, 1.807) is 0 Å². The number of hydrogen-bond acceptors (Lipinski definition) is 1. The largest absolute Gasteiger partial charge is 0.396 e. The molecule has 0 amide bonds. The average Bonchev–Trinajstić information content (AvgIpc) is 2.38. The Hall–Kier alpha value is -1.31. The maximum absolute atomic E-state index is 9.67. The molecule has 100 valence electrons. The highest BCUT2D eigenvalue weighted by molar-refractivity contribution is 6.30. The van der Waals surface area contributed by atoms with Crippen molar-refractivity contribution in [2.45, 2.75) is 26.2 Å². The molecule has 0 bridgehead atoms. The summed E-state index contributed by atoms with van der Waals surface area (Å²) < 4.78 is 0. The molecule has 0 radical (unpaired) electrons. The Bertz CT molecular complexity index is 543. The Morgan fingerprint density at radius 3 is 2.26 bits per heavy atom. The molecule has 2 aromatic rings. The third kappa shape index (κ3) is 3.37. The zero-order valence-corrected chi connectivity index (χ0v) is 12.1. The molecule has 19 heavy (non-hydrogen) atoms. The first kappa shape index (κ1) is 14.1. The average molecular weight is 275 g/mol. The van der Waals surface area contributed by atoms with Gasteiger partial charge in [0.1, 0.15) is 0 Å². The highest BCUT2D eigenvalue weighted by Crippen LogP contribution is 2.26. The minimum atomic E-state index is 0.0958. The molecule has 0 fully saturated rings. The van der Waals surface area contributed by atoms with Crippen molar-refractivity contribution in [3.63, 3.8) is 0 Å². The van der Waals surface area contributed by atoms with Crippen molar-refractivity contribution in [3.8, 4) is 0 Å². The van der Waals surface area contributed by atoms with Gasteiger partial charge in [-0.05, 0) is 54.7 Å². The van der Waals surface area contributed by atoms with Gasteiger partial charge in [0.05, 0.1) is 6.61 Å². The highest BCUT2D eigenvalue weighted by atomic mass is 35.5. The molecule has 1 nitrogen and oxygen atoms in total. The molecular weight excluding hydrogens is 256 g/mol. The Kier molecular flexibility index (Phi) is 4.62. The Morgan fingerprint density at radius 2 is 1.68 bits per heavy atom. The van der Waals surface area contributed by atoms with Crippen molar-refractivity contribution in [2.75, 3.05) is 6.61 Å². The summed E-state index contributed by atoms with van der Waals surface area (Å²) in [5.74, 6) is 0.0958. The number of hydrogen-bond donors (Lipinski definition) is 1. The van der Waals surface area contributed by atoms with Crippen molar-refractivity contribution in [1.82, 2.24) is 0 Å². The standard InChI is InChI=1S/C17H19ClO/c1-12-5-3-6-13(2)17(12)10-15(11-19)14-7-4-8-16(18)9-14/h3-9,15,19H,10-11H2,1-2H3. The predicted octanol–water partition coefficient (Wildman–Crippen LogP) is 4.28. The summed E-state index contributed by atoms with van der Waals surface area (Å²) in [5.41, 5.74) is 4.97. The van der Waals surface area contributed by atoms with E-state index in [1.165, 1.54) is 16.7 Å². The Balaban J connectivity index is 2.29. The van der Waals surface area contributed by atoms with E-state index < -0.39 is 0 Å². The van der Waals surface area contributed by atoms with Crippen molar-refractivity contribution >= 4 is 11.6 Å². The molecule has 2 heteroatoms. The minimum absolute atomic E-state index is 0.0958. The van der Waals surface area contributed by atoms with E-state index in [4.69, 9.17) is 11.6 Å². The Morgan fingerprint density at radius 1 is 1.05 bits per heavy atom. The van der Waals surface area contributed by atoms with Gasteiger partial charge in [0.15, 0.2) is 0 Å². The SMILES string of the molecule is Cc1cccc(C)c1CC(CO)c1cccc(Cl)c1. The second-order valence-corrected chi connectivity index (χ2v) is 5.45. The summed E-state index contributed by atoms with van der Waals surface area (Å²) in [5, 5.41) is 10.4. The van der Waals surface area contributed by atoms with Gasteiger partial charge >= 0.3 is 0 Å². The maximum atomic E-state index is 9.67. The number of aryl methyl sites for hydroxylation is 2. The first-order chi connectivity index (χ1) is 9.11. The lowest BCUT2D eigenvalue weighted by Gasteiger charge is -2.18. The molecule has 1 N–H and O–H groups in total. The van der Waals surface area contributed by atoms with Gasteiger partial charge in [-0.1, -0.05) is 41.9 Å². The molecule has 0 saturated carbocycles. The molecule has 0 aliphatic heterocycles. The first-order valence-electron chi connectivity index (χ1n) is 6.53. The van der Waals surface area contributed by atoms with Crippen molar-refractivity contribution < 1.29 is 5.11 Å². The van der Waals surface area contributed by atoms with Crippen molar-refractivity contribution in [1.29, 1.82) is 0 Å². The smallest absolute Gasteiger partial charge is 0.0502 e. The van der Waals surface area contributed by atoms with Crippen LogP contribution in [0.15, 0.2) is 42.5 Å². The minimum Gasteiger partial charge on any atom is -0.396 e. The molecule has 0 aliphatic carbocycles. The van der Waals surface area contributed by atoms with E-state index in [-0.39, 0.29) is 12.5 Å². The third-order valence-corrected chi connectivity index (χ3v) is 3.87. The number of rotatable bonds is 4. The first-order valence-corrected chi connectivity index (χ1v) is 6.91. The van der Waals surface area contributed by atoms with Crippen molar-refractivity contribution in [2.24, 2.45) is 0 Å². The van der Waals surface area contributed by atoms with Crippen LogP contribution in [-0.4, -0.2) is 11.7 Å². The van der Waals surface area contributed by atoms with Crippen LogP contribution in [0.2, 0.25) is 5.02 Å². The zero-order valence-electron chi connectivity index (χ0n) is 11.4. The van der Waals surface area contributed by atoms with Crippen LogP contribution in [0.25, 0.3) is 0 Å². The van der Waals surface area contributed by atoms with E-state index in [1.807, 2.05) is 24.3 Å². The molecule has 0 heterocycles. The topological polar surface area (TPSA) is 20.2 Å². The lowest BCUT2D eigenvalue weighted by molar-refractivity contribution is 0.264. The van der Waals surface area contributed by atoms with E-state index in [0.29, 0.717) is 0 Å². The number of aliphatic hydroxyl groups excluding tert-OH is 1. The molecule has 2 aromatic carbocycles. The van der Waals surface area contributed by atoms with Gasteiger partial charge in [-0.2, -0.15) is 0 Å². The number of halogens is 1. The van der Waals surface area contributed by atoms with E-state index in [2.05, 4.69) is 32.0 Å². The number of benzene rings is 2. The van der Waals surface area contributed by atoms with Gasteiger partial charge in [-0.25, -0.2) is 0 Å². The van der Waals surface area contributed by atoms with E-state index in [9.17, 15) is 5.11 Å². The van der Waals surface area contributed by atoms with Crippen LogP contribution in [0, 0.1) is 13.8 Å². The van der Waals surface area contributed by atoms with Gasteiger partial charge < -0.3 is 5.11 Å². The highest BCUT2D eigenvalue weighted by Gasteiger charge is 2.14. The second-order valence-electron chi connectivity index (χ2n) is 5.01. The third-order valence-electron chi connectivity index (χ3n) is 3.64. The zero-order chi connectivity index (χ0) is 13.8. The van der Waals surface area contributed by atoms with Gasteiger partial charge in [0.2, 0.25) is 0 Å². The lowest BCUT2D eigenvalue weighted by Crippen LogP contribution is -2.09. The molecule has 1 unspecified atom stereocenters. The van der Waals surface area contributed by atoms with Crippen LogP contribution in [-0.2, 0) is 6.42 Å². The summed E-state index contributed by atoms with van der Waals surface area (Å²) in [6, 6.07) is 14.1. The lowest BCUT2D eigenvalue weighted by atomic mass is 9.89. The van der Waals surface area contributed by atoms with Gasteiger partial charge in [0.25, 0.3) is 0 Å². The summed E-state index contributed by atoms with van der Waals surface area (Å²) in [6.45, 7) is 4.37. The van der Waals surface area contributed by atoms with Gasteiger partial charge in [-0.3, -0.25) is 0 Å². The summed E-state index contributed by atoms with van der Waals surface area (Å²) in [7, 11) is 0. The monoisotopic (exact) mass is 274 g/mol. The molecule has 0 aliphatic rings. The normalized spacial score (nSPS) is 12.4. The van der Waals surface area contributed by atoms with Crippen LogP contribution in [0.3, 0.4) is 0 Å². The van der Waals surface area contributed by atoms with Gasteiger partial charge in [0, 0.05) is 10.9 Å². The van der Waals surface area contributed by atoms with Crippen LogP contribution in [0.1, 0.15) is 28.2 Å². The fourth-order valence-electron chi connectivity index (χ4n) is 2.47. The Labute approximate surface area is 119 Å². The quantitative estimate of drug-likeness (QED) is 0.882. The fourth-order valence-corrected chi connectivity index (χ4v) is 2.66.